The molecule has 1 aromatic heterocycles. The Morgan fingerprint density at radius 3 is 2.74 bits per heavy atom. The number of primary amides is 1. The van der Waals surface area contributed by atoms with Crippen molar-refractivity contribution in [2.24, 2.45) is 5.73 Å². The van der Waals surface area contributed by atoms with E-state index in [1.54, 1.807) is 12.3 Å². The standard InChI is InChI=1S/C15H14N2O2/c16-15(18)13-9-17-8-7-11(13)12-3-1-2-4-14(12)19-10-5-6-10/h1-4,7-10H,5-6H2,(H2,16,18). The lowest BCUT2D eigenvalue weighted by atomic mass is 10.0. The fraction of sp³-hybridized carbons (Fsp3) is 0.200. The first-order valence-corrected chi connectivity index (χ1v) is 6.25. The monoisotopic (exact) mass is 254 g/mol. The molecule has 0 aliphatic heterocycles. The van der Waals surface area contributed by atoms with Crippen LogP contribution in [0.15, 0.2) is 42.7 Å². The molecule has 1 heterocycles. The Morgan fingerprint density at radius 1 is 1.21 bits per heavy atom. The van der Waals surface area contributed by atoms with E-state index in [4.69, 9.17) is 10.5 Å². The number of carbonyl (C=O) groups excluding carboxylic acids is 1. The molecular weight excluding hydrogens is 240 g/mol. The maximum atomic E-state index is 11.5. The lowest BCUT2D eigenvalue weighted by Crippen LogP contribution is -2.13. The number of hydrogen-bond acceptors (Lipinski definition) is 3. The van der Waals surface area contributed by atoms with Gasteiger partial charge in [0.15, 0.2) is 0 Å². The highest BCUT2D eigenvalue weighted by atomic mass is 16.5. The molecule has 1 aromatic carbocycles. The minimum Gasteiger partial charge on any atom is -0.490 e. The van der Waals surface area contributed by atoms with E-state index in [1.165, 1.54) is 6.20 Å². The van der Waals surface area contributed by atoms with Crippen LogP contribution in [-0.4, -0.2) is 17.0 Å². The maximum Gasteiger partial charge on any atom is 0.250 e. The summed E-state index contributed by atoms with van der Waals surface area (Å²) in [7, 11) is 0. The van der Waals surface area contributed by atoms with E-state index in [2.05, 4.69) is 4.98 Å². The molecule has 3 rings (SSSR count). The second-order valence-electron chi connectivity index (χ2n) is 4.60. The zero-order valence-electron chi connectivity index (χ0n) is 10.4. The minimum absolute atomic E-state index is 0.306. The summed E-state index contributed by atoms with van der Waals surface area (Å²) in [6.45, 7) is 0. The molecule has 4 nitrogen and oxygen atoms in total. The summed E-state index contributed by atoms with van der Waals surface area (Å²) in [6, 6.07) is 9.47. The van der Waals surface area contributed by atoms with Gasteiger partial charge in [0, 0.05) is 23.5 Å². The molecule has 0 spiro atoms. The number of rotatable bonds is 4. The number of pyridine rings is 1. The number of aromatic nitrogens is 1. The van der Waals surface area contributed by atoms with Crippen molar-refractivity contribution < 1.29 is 9.53 Å². The van der Waals surface area contributed by atoms with Gasteiger partial charge in [-0.2, -0.15) is 0 Å². The smallest absolute Gasteiger partial charge is 0.250 e. The zero-order chi connectivity index (χ0) is 13.2. The van der Waals surface area contributed by atoms with Crippen molar-refractivity contribution in [3.05, 3.63) is 48.3 Å². The summed E-state index contributed by atoms with van der Waals surface area (Å²) >= 11 is 0. The van der Waals surface area contributed by atoms with Gasteiger partial charge in [0.25, 0.3) is 5.91 Å². The molecule has 2 N–H and O–H groups in total. The average molecular weight is 254 g/mol. The summed E-state index contributed by atoms with van der Waals surface area (Å²) in [6.07, 6.45) is 5.63. The van der Waals surface area contributed by atoms with Crippen molar-refractivity contribution in [2.75, 3.05) is 0 Å². The molecule has 4 heteroatoms. The fourth-order valence-corrected chi connectivity index (χ4v) is 1.98. The van der Waals surface area contributed by atoms with Gasteiger partial charge in [0.05, 0.1) is 11.7 Å². The summed E-state index contributed by atoms with van der Waals surface area (Å²) < 4.78 is 5.87. The molecule has 0 radical (unpaired) electrons. The van der Waals surface area contributed by atoms with Crippen molar-refractivity contribution in [3.63, 3.8) is 0 Å². The van der Waals surface area contributed by atoms with Gasteiger partial charge in [-0.05, 0) is 25.0 Å². The van der Waals surface area contributed by atoms with E-state index in [0.29, 0.717) is 11.7 Å². The van der Waals surface area contributed by atoms with Crippen molar-refractivity contribution >= 4 is 5.91 Å². The number of amides is 1. The van der Waals surface area contributed by atoms with Crippen LogP contribution in [0.5, 0.6) is 5.75 Å². The van der Waals surface area contributed by atoms with Crippen LogP contribution in [0.2, 0.25) is 0 Å². The van der Waals surface area contributed by atoms with Gasteiger partial charge >= 0.3 is 0 Å². The molecule has 1 fully saturated rings. The Balaban J connectivity index is 2.08. The number of benzene rings is 1. The van der Waals surface area contributed by atoms with Crippen molar-refractivity contribution in [1.29, 1.82) is 0 Å². The third-order valence-corrected chi connectivity index (χ3v) is 3.08. The molecule has 0 bridgehead atoms. The minimum atomic E-state index is -0.482. The predicted molar refractivity (Wildman–Crippen MR) is 71.8 cm³/mol. The average Bonchev–Trinajstić information content (AvgIpc) is 3.23. The van der Waals surface area contributed by atoms with Crippen LogP contribution in [0, 0.1) is 0 Å². The van der Waals surface area contributed by atoms with E-state index >= 15 is 0 Å². The SMILES string of the molecule is NC(=O)c1cnccc1-c1ccccc1OC1CC1. The van der Waals surface area contributed by atoms with Crippen LogP contribution in [-0.2, 0) is 0 Å². The first kappa shape index (κ1) is 11.7. The normalized spacial score (nSPS) is 14.1. The van der Waals surface area contributed by atoms with E-state index < -0.39 is 5.91 Å². The van der Waals surface area contributed by atoms with E-state index in [1.807, 2.05) is 24.3 Å². The summed E-state index contributed by atoms with van der Waals surface area (Å²) in [5.41, 5.74) is 7.45. The van der Waals surface area contributed by atoms with E-state index in [-0.39, 0.29) is 0 Å². The highest BCUT2D eigenvalue weighted by Crippen LogP contribution is 2.35. The van der Waals surface area contributed by atoms with Crippen LogP contribution in [0.4, 0.5) is 0 Å². The Labute approximate surface area is 111 Å². The molecule has 0 unspecified atom stereocenters. The molecule has 0 atom stereocenters. The second kappa shape index (κ2) is 4.72. The van der Waals surface area contributed by atoms with E-state index in [0.717, 1.165) is 29.7 Å². The van der Waals surface area contributed by atoms with Gasteiger partial charge < -0.3 is 10.5 Å². The second-order valence-corrected chi connectivity index (χ2v) is 4.60. The zero-order valence-corrected chi connectivity index (χ0v) is 10.4. The van der Waals surface area contributed by atoms with Gasteiger partial charge in [-0.1, -0.05) is 18.2 Å². The quantitative estimate of drug-likeness (QED) is 0.911. The highest BCUT2D eigenvalue weighted by molar-refractivity contribution is 6.00. The lowest BCUT2D eigenvalue weighted by Gasteiger charge is -2.12. The highest BCUT2D eigenvalue weighted by Gasteiger charge is 2.25. The lowest BCUT2D eigenvalue weighted by molar-refractivity contribution is 0.100. The number of nitrogens with two attached hydrogens (primary N) is 1. The first-order chi connectivity index (χ1) is 9.25. The third kappa shape index (κ3) is 2.42. The molecule has 1 saturated carbocycles. The number of para-hydroxylation sites is 1. The van der Waals surface area contributed by atoms with E-state index in [9.17, 15) is 4.79 Å². The maximum absolute atomic E-state index is 11.5. The molecule has 0 saturated heterocycles. The molecule has 19 heavy (non-hydrogen) atoms. The Bertz CT molecular complexity index is 621. The molecule has 96 valence electrons. The third-order valence-electron chi connectivity index (χ3n) is 3.08. The summed E-state index contributed by atoms with van der Waals surface area (Å²) in [5.74, 6) is 0.308. The molecule has 2 aromatic rings. The van der Waals surface area contributed by atoms with Crippen LogP contribution < -0.4 is 10.5 Å². The first-order valence-electron chi connectivity index (χ1n) is 6.25. The van der Waals surface area contributed by atoms with Crippen molar-refractivity contribution in [2.45, 2.75) is 18.9 Å². The number of ether oxygens (including phenoxy) is 1. The summed E-state index contributed by atoms with van der Waals surface area (Å²) in [5, 5.41) is 0. The Kier molecular flexibility index (Phi) is 2.91. The Morgan fingerprint density at radius 2 is 2.00 bits per heavy atom. The summed E-state index contributed by atoms with van der Waals surface area (Å²) in [4.78, 5) is 15.4. The molecule has 1 aliphatic carbocycles. The van der Waals surface area contributed by atoms with Crippen LogP contribution in [0.25, 0.3) is 11.1 Å². The molecular formula is C15H14N2O2. The largest absolute Gasteiger partial charge is 0.490 e. The molecule has 1 aliphatic rings. The van der Waals surface area contributed by atoms with Crippen LogP contribution >= 0.6 is 0 Å². The fourth-order valence-electron chi connectivity index (χ4n) is 1.98. The van der Waals surface area contributed by atoms with Gasteiger partial charge in [0.2, 0.25) is 0 Å². The number of hydrogen-bond donors (Lipinski definition) is 1. The van der Waals surface area contributed by atoms with Gasteiger partial charge in [-0.3, -0.25) is 9.78 Å². The van der Waals surface area contributed by atoms with Gasteiger partial charge in [-0.25, -0.2) is 0 Å². The van der Waals surface area contributed by atoms with Gasteiger partial charge in [0.1, 0.15) is 5.75 Å². The van der Waals surface area contributed by atoms with Crippen molar-refractivity contribution in [3.8, 4) is 16.9 Å². The Hall–Kier alpha value is -2.36. The van der Waals surface area contributed by atoms with Gasteiger partial charge in [-0.15, -0.1) is 0 Å². The topological polar surface area (TPSA) is 65.2 Å². The number of carbonyl (C=O) groups is 1. The number of nitrogens with zero attached hydrogens (tertiary/aromatic N) is 1. The van der Waals surface area contributed by atoms with Crippen LogP contribution in [0.1, 0.15) is 23.2 Å². The molecule has 1 amide bonds. The van der Waals surface area contributed by atoms with Crippen LogP contribution in [0.3, 0.4) is 0 Å². The van der Waals surface area contributed by atoms with Crippen molar-refractivity contribution in [1.82, 2.24) is 4.98 Å². The predicted octanol–water partition coefficient (Wildman–Crippen LogP) is 2.39.